The maximum absolute atomic E-state index is 14.7. The van der Waals surface area contributed by atoms with Crippen molar-refractivity contribution in [3.05, 3.63) is 52.4 Å². The molecule has 0 aliphatic carbocycles. The SMILES string of the molecule is Cc1cc(F)c([C@H](NC(=O)[C@H]2C[C@@H](C)CN2C(=O)c2cc(C(F)(F)F)no2)C2COC2)cc1F. The van der Waals surface area contributed by atoms with Crippen molar-refractivity contribution in [2.45, 2.75) is 38.5 Å². The van der Waals surface area contributed by atoms with E-state index in [0.717, 1.165) is 17.0 Å². The topological polar surface area (TPSA) is 84.7 Å². The summed E-state index contributed by atoms with van der Waals surface area (Å²) in [6.07, 6.45) is -4.56. The van der Waals surface area contributed by atoms with Crippen LogP contribution < -0.4 is 5.32 Å². The van der Waals surface area contributed by atoms with Gasteiger partial charge in [-0.2, -0.15) is 13.2 Å². The number of alkyl halides is 3. The maximum atomic E-state index is 14.7. The van der Waals surface area contributed by atoms with Crippen LogP contribution in [0, 0.1) is 30.4 Å². The Balaban J connectivity index is 1.57. The average molecular weight is 487 g/mol. The number of carbonyl (C=O) groups is 2. The fourth-order valence-corrected chi connectivity index (χ4v) is 4.22. The van der Waals surface area contributed by atoms with Crippen LogP contribution in [-0.4, -0.2) is 47.7 Å². The second-order valence-corrected chi connectivity index (χ2v) is 8.80. The summed E-state index contributed by atoms with van der Waals surface area (Å²) in [6.45, 7) is 3.74. The van der Waals surface area contributed by atoms with Gasteiger partial charge in [0.05, 0.1) is 19.3 Å². The number of ether oxygens (including phenoxy) is 1. The van der Waals surface area contributed by atoms with E-state index in [0.29, 0.717) is 6.07 Å². The molecule has 7 nitrogen and oxygen atoms in total. The Bertz CT molecular complexity index is 1100. The molecule has 2 fully saturated rings. The molecule has 2 aliphatic rings. The molecule has 1 aromatic carbocycles. The van der Waals surface area contributed by atoms with Crippen LogP contribution in [0.15, 0.2) is 22.7 Å². The molecular formula is C22H22F5N3O4. The van der Waals surface area contributed by atoms with Gasteiger partial charge in [-0.25, -0.2) is 8.78 Å². The van der Waals surface area contributed by atoms with Gasteiger partial charge in [-0.15, -0.1) is 0 Å². The summed E-state index contributed by atoms with van der Waals surface area (Å²) in [7, 11) is 0. The highest BCUT2D eigenvalue weighted by atomic mass is 19.4. The number of benzene rings is 1. The molecule has 1 aromatic heterocycles. The third-order valence-corrected chi connectivity index (χ3v) is 6.13. The molecule has 2 amide bonds. The summed E-state index contributed by atoms with van der Waals surface area (Å²) in [4.78, 5) is 27.2. The van der Waals surface area contributed by atoms with E-state index in [2.05, 4.69) is 15.0 Å². The zero-order valence-corrected chi connectivity index (χ0v) is 18.3. The molecule has 3 heterocycles. The highest BCUT2D eigenvalue weighted by Crippen LogP contribution is 2.33. The van der Waals surface area contributed by atoms with Gasteiger partial charge in [0.2, 0.25) is 11.7 Å². The van der Waals surface area contributed by atoms with Gasteiger partial charge in [-0.05, 0) is 37.0 Å². The molecule has 12 heteroatoms. The third-order valence-electron chi connectivity index (χ3n) is 6.13. The second-order valence-electron chi connectivity index (χ2n) is 8.80. The van der Waals surface area contributed by atoms with Crippen LogP contribution in [0.25, 0.3) is 0 Å². The number of hydrogen-bond donors (Lipinski definition) is 1. The number of likely N-dealkylation sites (tertiary alicyclic amines) is 1. The first-order valence-electron chi connectivity index (χ1n) is 10.6. The molecule has 1 N–H and O–H groups in total. The van der Waals surface area contributed by atoms with E-state index in [9.17, 15) is 31.5 Å². The summed E-state index contributed by atoms with van der Waals surface area (Å²) in [5, 5.41) is 5.59. The van der Waals surface area contributed by atoms with Crippen molar-refractivity contribution >= 4 is 11.8 Å². The molecule has 34 heavy (non-hydrogen) atoms. The van der Waals surface area contributed by atoms with Crippen LogP contribution in [0.5, 0.6) is 0 Å². The van der Waals surface area contributed by atoms with Crippen LogP contribution in [0.4, 0.5) is 22.0 Å². The first-order valence-corrected chi connectivity index (χ1v) is 10.6. The van der Waals surface area contributed by atoms with Crippen LogP contribution in [0.1, 0.15) is 46.8 Å². The smallest absolute Gasteiger partial charge is 0.381 e. The summed E-state index contributed by atoms with van der Waals surface area (Å²) >= 11 is 0. The normalized spacial score (nSPS) is 21.9. The zero-order valence-electron chi connectivity index (χ0n) is 18.3. The highest BCUT2D eigenvalue weighted by molar-refractivity contribution is 5.96. The second kappa shape index (κ2) is 8.97. The van der Waals surface area contributed by atoms with Crippen molar-refractivity contribution in [2.75, 3.05) is 19.8 Å². The zero-order chi connectivity index (χ0) is 24.8. The molecule has 0 spiro atoms. The number of amides is 2. The number of nitrogens with zero attached hydrogens (tertiary/aromatic N) is 2. The minimum absolute atomic E-state index is 0.0428. The number of hydrogen-bond acceptors (Lipinski definition) is 5. The third kappa shape index (κ3) is 4.63. The molecule has 0 unspecified atom stereocenters. The lowest BCUT2D eigenvalue weighted by Crippen LogP contribution is -2.50. The van der Waals surface area contributed by atoms with E-state index in [-0.39, 0.29) is 49.1 Å². The van der Waals surface area contributed by atoms with Crippen LogP contribution >= 0.6 is 0 Å². The number of rotatable bonds is 5. The van der Waals surface area contributed by atoms with Crippen LogP contribution in [-0.2, 0) is 15.7 Å². The standard InChI is InChI=1S/C22H22F5N3O4/c1-10-3-16(30(7-10)21(32)17-6-18(29-34-17)22(25,26)27)20(31)28-19(12-8-33-9-12)13-5-14(23)11(2)4-15(13)24/h4-6,10,12,16,19H,3,7-9H2,1-2H3,(H,28,31)/t10-,16-,19-/m1/s1. The molecule has 2 aliphatic heterocycles. The fraction of sp³-hybridized carbons (Fsp3) is 0.500. The van der Waals surface area contributed by atoms with Crippen LogP contribution in [0.2, 0.25) is 0 Å². The summed E-state index contributed by atoms with van der Waals surface area (Å²) in [6, 6.07) is 0.606. The lowest BCUT2D eigenvalue weighted by atomic mass is 9.90. The largest absolute Gasteiger partial charge is 0.436 e. The molecule has 0 bridgehead atoms. The number of aryl methyl sites for hydroxylation is 1. The van der Waals surface area contributed by atoms with Crippen molar-refractivity contribution in [1.82, 2.24) is 15.4 Å². The number of carbonyl (C=O) groups excluding carboxylic acids is 2. The van der Waals surface area contributed by atoms with E-state index in [1.165, 1.54) is 6.92 Å². The van der Waals surface area contributed by atoms with E-state index < -0.39 is 53.2 Å². The Kier molecular flexibility index (Phi) is 6.36. The van der Waals surface area contributed by atoms with Gasteiger partial charge in [0.1, 0.15) is 17.7 Å². The molecule has 2 aromatic rings. The lowest BCUT2D eigenvalue weighted by Gasteiger charge is -2.36. The highest BCUT2D eigenvalue weighted by Gasteiger charge is 2.43. The van der Waals surface area contributed by atoms with E-state index in [4.69, 9.17) is 4.74 Å². The van der Waals surface area contributed by atoms with Gasteiger partial charge in [0.25, 0.3) is 5.91 Å². The lowest BCUT2D eigenvalue weighted by molar-refractivity contribution is -0.142. The number of aromatic nitrogens is 1. The molecule has 184 valence electrons. The fourth-order valence-electron chi connectivity index (χ4n) is 4.22. The van der Waals surface area contributed by atoms with Crippen molar-refractivity contribution in [2.24, 2.45) is 11.8 Å². The van der Waals surface area contributed by atoms with Gasteiger partial charge >= 0.3 is 6.18 Å². The predicted molar refractivity (Wildman–Crippen MR) is 106 cm³/mol. The monoisotopic (exact) mass is 487 g/mol. The maximum Gasteiger partial charge on any atom is 0.436 e. The van der Waals surface area contributed by atoms with Crippen LogP contribution in [0.3, 0.4) is 0 Å². The summed E-state index contributed by atoms with van der Waals surface area (Å²) < 4.78 is 77.1. The number of halogens is 5. The van der Waals surface area contributed by atoms with Gasteiger partial charge in [0, 0.05) is 24.1 Å². The van der Waals surface area contributed by atoms with Gasteiger partial charge in [0.15, 0.2) is 5.69 Å². The van der Waals surface area contributed by atoms with E-state index in [1.807, 2.05) is 0 Å². The van der Waals surface area contributed by atoms with Crippen molar-refractivity contribution < 1.29 is 40.8 Å². The van der Waals surface area contributed by atoms with Crippen molar-refractivity contribution in [1.29, 1.82) is 0 Å². The first-order chi connectivity index (χ1) is 16.0. The Morgan fingerprint density at radius 3 is 2.47 bits per heavy atom. The van der Waals surface area contributed by atoms with E-state index >= 15 is 0 Å². The molecule has 4 rings (SSSR count). The Morgan fingerprint density at radius 1 is 1.18 bits per heavy atom. The molecular weight excluding hydrogens is 465 g/mol. The molecule has 0 saturated carbocycles. The first kappa shape index (κ1) is 24.1. The van der Waals surface area contributed by atoms with Crippen molar-refractivity contribution in [3.8, 4) is 0 Å². The minimum atomic E-state index is -4.79. The van der Waals surface area contributed by atoms with Gasteiger partial charge < -0.3 is 19.5 Å². The Hall–Kier alpha value is -3.02. The summed E-state index contributed by atoms with van der Waals surface area (Å²) in [5.74, 6) is -3.96. The van der Waals surface area contributed by atoms with Crippen molar-refractivity contribution in [3.63, 3.8) is 0 Å². The summed E-state index contributed by atoms with van der Waals surface area (Å²) in [5.41, 5.74) is -1.28. The Morgan fingerprint density at radius 2 is 1.88 bits per heavy atom. The quantitative estimate of drug-likeness (QED) is 0.652. The molecule has 3 atom stereocenters. The van der Waals surface area contributed by atoms with Gasteiger partial charge in [-0.3, -0.25) is 9.59 Å². The van der Waals surface area contributed by atoms with Gasteiger partial charge in [-0.1, -0.05) is 12.1 Å². The minimum Gasteiger partial charge on any atom is -0.381 e. The average Bonchev–Trinajstić information content (AvgIpc) is 3.35. The Labute approximate surface area is 191 Å². The molecule has 0 radical (unpaired) electrons. The molecule has 2 saturated heterocycles. The predicted octanol–water partition coefficient (Wildman–Crippen LogP) is 3.63. The number of nitrogens with one attached hydrogen (secondary N) is 1. The van der Waals surface area contributed by atoms with E-state index in [1.54, 1.807) is 6.92 Å².